The highest BCUT2D eigenvalue weighted by atomic mass is 16.2. The van der Waals surface area contributed by atoms with Crippen LogP contribution in [0.3, 0.4) is 0 Å². The van der Waals surface area contributed by atoms with E-state index in [1.807, 2.05) is 36.4 Å². The lowest BCUT2D eigenvalue weighted by molar-refractivity contribution is -0.125. The number of benzene rings is 3. The fourth-order valence-corrected chi connectivity index (χ4v) is 3.66. The van der Waals surface area contributed by atoms with E-state index in [-0.39, 0.29) is 36.9 Å². The minimum absolute atomic E-state index is 0.0311. The molecule has 1 fully saturated rings. The standard InChI is InChI=1S/C25H23N3O3/c29-23-16-27-25(31)28(23)17-18-11-13-21(14-12-18)24(30)26-15-22(19-7-3-1-4-8-19)20-9-5-2-6-10-20/h1-14,22H,15-17H2,(H,26,30)(H,27,31). The topological polar surface area (TPSA) is 78.5 Å². The van der Waals surface area contributed by atoms with E-state index in [1.165, 1.54) is 4.90 Å². The van der Waals surface area contributed by atoms with Gasteiger partial charge < -0.3 is 10.6 Å². The molecule has 31 heavy (non-hydrogen) atoms. The maximum atomic E-state index is 12.7. The first kappa shape index (κ1) is 20.3. The van der Waals surface area contributed by atoms with Gasteiger partial charge in [-0.2, -0.15) is 0 Å². The Morgan fingerprint density at radius 3 is 1.97 bits per heavy atom. The molecule has 0 spiro atoms. The molecule has 156 valence electrons. The van der Waals surface area contributed by atoms with Crippen molar-refractivity contribution in [1.82, 2.24) is 15.5 Å². The number of nitrogens with one attached hydrogen (secondary N) is 2. The molecular weight excluding hydrogens is 390 g/mol. The molecule has 1 aliphatic heterocycles. The van der Waals surface area contributed by atoms with E-state index in [1.54, 1.807) is 24.3 Å². The van der Waals surface area contributed by atoms with Crippen LogP contribution in [0.1, 0.15) is 33.0 Å². The largest absolute Gasteiger partial charge is 0.351 e. The Hall–Kier alpha value is -3.93. The molecule has 6 heteroatoms. The average molecular weight is 413 g/mol. The summed E-state index contributed by atoms with van der Waals surface area (Å²) in [5.41, 5.74) is 3.59. The summed E-state index contributed by atoms with van der Waals surface area (Å²) in [6, 6.07) is 26.8. The molecule has 1 aliphatic rings. The van der Waals surface area contributed by atoms with Crippen LogP contribution < -0.4 is 10.6 Å². The Balaban J connectivity index is 1.42. The van der Waals surface area contributed by atoms with Crippen LogP contribution in [0, 0.1) is 0 Å². The number of nitrogens with zero attached hydrogens (tertiary/aromatic N) is 1. The van der Waals surface area contributed by atoms with E-state index in [0.717, 1.165) is 16.7 Å². The van der Waals surface area contributed by atoms with E-state index in [9.17, 15) is 14.4 Å². The predicted molar refractivity (Wildman–Crippen MR) is 117 cm³/mol. The number of hydrogen-bond acceptors (Lipinski definition) is 3. The number of imide groups is 1. The van der Waals surface area contributed by atoms with E-state index >= 15 is 0 Å². The Kier molecular flexibility index (Phi) is 6.08. The van der Waals surface area contributed by atoms with E-state index in [2.05, 4.69) is 34.9 Å². The van der Waals surface area contributed by atoms with Crippen LogP contribution >= 0.6 is 0 Å². The quantitative estimate of drug-likeness (QED) is 0.584. The normalized spacial score (nSPS) is 13.4. The molecule has 0 saturated carbocycles. The van der Waals surface area contributed by atoms with Crippen LogP contribution in [0.4, 0.5) is 4.79 Å². The summed E-state index contributed by atoms with van der Waals surface area (Å²) in [5, 5.41) is 5.53. The Labute approximate surface area is 180 Å². The molecule has 4 amide bonds. The highest BCUT2D eigenvalue weighted by Crippen LogP contribution is 2.23. The lowest BCUT2D eigenvalue weighted by Crippen LogP contribution is -2.30. The van der Waals surface area contributed by atoms with Crippen LogP contribution in [0.25, 0.3) is 0 Å². The summed E-state index contributed by atoms with van der Waals surface area (Å²) in [5.74, 6) is -0.372. The minimum Gasteiger partial charge on any atom is -0.351 e. The molecule has 0 atom stereocenters. The second-order valence-electron chi connectivity index (χ2n) is 7.42. The fourth-order valence-electron chi connectivity index (χ4n) is 3.66. The molecule has 6 nitrogen and oxygen atoms in total. The van der Waals surface area contributed by atoms with Gasteiger partial charge in [-0.05, 0) is 28.8 Å². The lowest BCUT2D eigenvalue weighted by Gasteiger charge is -2.19. The summed E-state index contributed by atoms with van der Waals surface area (Å²) in [4.78, 5) is 37.3. The zero-order chi connectivity index (χ0) is 21.6. The van der Waals surface area contributed by atoms with E-state index < -0.39 is 0 Å². The van der Waals surface area contributed by atoms with Crippen LogP contribution in [0.5, 0.6) is 0 Å². The number of carbonyl (C=O) groups is 3. The molecule has 4 rings (SSSR count). The molecule has 3 aromatic carbocycles. The van der Waals surface area contributed by atoms with Crippen LogP contribution in [0.2, 0.25) is 0 Å². The summed E-state index contributed by atoms with van der Waals surface area (Å²) in [6.07, 6.45) is 0. The van der Waals surface area contributed by atoms with Crippen LogP contribution in [-0.2, 0) is 11.3 Å². The van der Waals surface area contributed by atoms with Crippen molar-refractivity contribution in [3.63, 3.8) is 0 Å². The predicted octanol–water partition coefficient (Wildman–Crippen LogP) is 3.30. The maximum absolute atomic E-state index is 12.7. The van der Waals surface area contributed by atoms with E-state index in [0.29, 0.717) is 12.1 Å². The molecular formula is C25H23N3O3. The van der Waals surface area contributed by atoms with Crippen molar-refractivity contribution < 1.29 is 14.4 Å². The average Bonchev–Trinajstić information content (AvgIpc) is 3.13. The number of urea groups is 1. The van der Waals surface area contributed by atoms with Gasteiger partial charge >= 0.3 is 6.03 Å². The molecule has 2 N–H and O–H groups in total. The Morgan fingerprint density at radius 2 is 1.45 bits per heavy atom. The lowest BCUT2D eigenvalue weighted by atomic mass is 9.91. The fraction of sp³-hybridized carbons (Fsp3) is 0.160. The maximum Gasteiger partial charge on any atom is 0.324 e. The van der Waals surface area contributed by atoms with Gasteiger partial charge in [-0.25, -0.2) is 4.79 Å². The van der Waals surface area contributed by atoms with Gasteiger partial charge in [0.2, 0.25) is 5.91 Å². The van der Waals surface area contributed by atoms with Gasteiger partial charge in [0.15, 0.2) is 0 Å². The van der Waals surface area contributed by atoms with Crippen molar-refractivity contribution in [2.45, 2.75) is 12.5 Å². The smallest absolute Gasteiger partial charge is 0.324 e. The Bertz CT molecular complexity index is 1010. The highest BCUT2D eigenvalue weighted by Gasteiger charge is 2.28. The molecule has 0 aliphatic carbocycles. The molecule has 0 aromatic heterocycles. The van der Waals surface area contributed by atoms with Gasteiger partial charge in [0.05, 0.1) is 13.1 Å². The summed E-state index contributed by atoms with van der Waals surface area (Å²) < 4.78 is 0. The molecule has 1 heterocycles. The van der Waals surface area contributed by atoms with Crippen molar-refractivity contribution in [3.8, 4) is 0 Å². The van der Waals surface area contributed by atoms with Gasteiger partial charge in [0, 0.05) is 18.0 Å². The van der Waals surface area contributed by atoms with E-state index in [4.69, 9.17) is 0 Å². The molecule has 0 radical (unpaired) electrons. The molecule has 1 saturated heterocycles. The zero-order valence-electron chi connectivity index (χ0n) is 17.0. The minimum atomic E-state index is -0.389. The summed E-state index contributed by atoms with van der Waals surface area (Å²) in [6.45, 7) is 0.692. The first-order valence-electron chi connectivity index (χ1n) is 10.2. The summed E-state index contributed by atoms with van der Waals surface area (Å²) >= 11 is 0. The van der Waals surface area contributed by atoms with Gasteiger partial charge in [-0.1, -0.05) is 72.8 Å². The van der Waals surface area contributed by atoms with Crippen molar-refractivity contribution in [2.24, 2.45) is 0 Å². The number of rotatable bonds is 7. The molecule has 3 aromatic rings. The first-order chi connectivity index (χ1) is 15.1. The van der Waals surface area contributed by atoms with Crippen molar-refractivity contribution in [3.05, 3.63) is 107 Å². The highest BCUT2D eigenvalue weighted by molar-refractivity contribution is 6.01. The molecule has 0 unspecified atom stereocenters. The number of hydrogen-bond donors (Lipinski definition) is 2. The summed E-state index contributed by atoms with van der Waals surface area (Å²) in [7, 11) is 0. The number of carbonyl (C=O) groups excluding carboxylic acids is 3. The SMILES string of the molecule is O=C(NCC(c1ccccc1)c1ccccc1)c1ccc(CN2C(=O)CNC2=O)cc1. The monoisotopic (exact) mass is 413 g/mol. The third kappa shape index (κ3) is 4.80. The van der Waals surface area contributed by atoms with Crippen molar-refractivity contribution >= 4 is 17.8 Å². The third-order valence-electron chi connectivity index (χ3n) is 5.36. The van der Waals surface area contributed by atoms with Crippen LogP contribution in [0.15, 0.2) is 84.9 Å². The van der Waals surface area contributed by atoms with Crippen LogP contribution in [-0.4, -0.2) is 35.8 Å². The zero-order valence-corrected chi connectivity index (χ0v) is 17.0. The second kappa shape index (κ2) is 9.26. The van der Waals surface area contributed by atoms with Gasteiger partial charge in [0.25, 0.3) is 5.91 Å². The second-order valence-corrected chi connectivity index (χ2v) is 7.42. The van der Waals surface area contributed by atoms with Gasteiger partial charge in [-0.15, -0.1) is 0 Å². The Morgan fingerprint density at radius 1 is 0.871 bits per heavy atom. The van der Waals surface area contributed by atoms with Gasteiger partial charge in [0.1, 0.15) is 0 Å². The first-order valence-corrected chi connectivity index (χ1v) is 10.2. The van der Waals surface area contributed by atoms with Crippen molar-refractivity contribution in [1.29, 1.82) is 0 Å². The third-order valence-corrected chi connectivity index (χ3v) is 5.36. The number of amides is 4. The van der Waals surface area contributed by atoms with Crippen molar-refractivity contribution in [2.75, 3.05) is 13.1 Å². The van der Waals surface area contributed by atoms with Gasteiger partial charge in [-0.3, -0.25) is 14.5 Å². The molecule has 0 bridgehead atoms.